The molecular formula is C33H38Cl2N2O3. The van der Waals surface area contributed by atoms with Crippen molar-refractivity contribution in [2.45, 2.75) is 77.9 Å². The second kappa shape index (κ2) is 14.0. The zero-order valence-corrected chi connectivity index (χ0v) is 25.0. The van der Waals surface area contributed by atoms with Crippen LogP contribution in [-0.4, -0.2) is 35.4 Å². The molecular weight excluding hydrogens is 543 g/mol. The van der Waals surface area contributed by atoms with Gasteiger partial charge in [-0.3, -0.25) is 9.59 Å². The smallest absolute Gasteiger partial charge is 0.261 e. The molecule has 1 aliphatic rings. The first-order valence-electron chi connectivity index (χ1n) is 14.0. The van der Waals surface area contributed by atoms with Crippen LogP contribution in [0.5, 0.6) is 5.75 Å². The number of hydrogen-bond acceptors (Lipinski definition) is 3. The molecule has 7 heteroatoms. The predicted octanol–water partition coefficient (Wildman–Crippen LogP) is 7.39. The molecule has 0 bridgehead atoms. The maximum Gasteiger partial charge on any atom is 0.261 e. The molecule has 0 aliphatic heterocycles. The largest absolute Gasteiger partial charge is 0.483 e. The number of rotatable bonds is 10. The second-order valence-electron chi connectivity index (χ2n) is 10.8. The minimum absolute atomic E-state index is 0.121. The molecule has 0 aromatic heterocycles. The van der Waals surface area contributed by atoms with E-state index in [0.29, 0.717) is 22.2 Å². The lowest BCUT2D eigenvalue weighted by Crippen LogP contribution is -2.53. The summed E-state index contributed by atoms with van der Waals surface area (Å²) in [5.74, 6) is 0.253. The molecule has 1 aliphatic carbocycles. The van der Waals surface area contributed by atoms with Crippen LogP contribution in [0.15, 0.2) is 60.7 Å². The molecule has 2 amide bonds. The number of aryl methyl sites for hydroxylation is 2. The number of hydrogen-bond donors (Lipinski definition) is 1. The fraction of sp³-hybridized carbons (Fsp3) is 0.394. The molecule has 1 N–H and O–H groups in total. The molecule has 40 heavy (non-hydrogen) atoms. The van der Waals surface area contributed by atoms with Crippen molar-refractivity contribution in [3.8, 4) is 5.75 Å². The van der Waals surface area contributed by atoms with Crippen molar-refractivity contribution in [3.05, 3.63) is 98.5 Å². The van der Waals surface area contributed by atoms with Gasteiger partial charge in [0.1, 0.15) is 11.8 Å². The van der Waals surface area contributed by atoms with Gasteiger partial charge in [0, 0.05) is 19.0 Å². The van der Waals surface area contributed by atoms with E-state index < -0.39 is 6.04 Å². The lowest BCUT2D eigenvalue weighted by molar-refractivity contribution is -0.143. The first-order valence-corrected chi connectivity index (χ1v) is 14.7. The number of carbonyl (C=O) groups excluding carboxylic acids is 2. The monoisotopic (exact) mass is 580 g/mol. The number of nitrogens with zero attached hydrogens (tertiary/aromatic N) is 1. The summed E-state index contributed by atoms with van der Waals surface area (Å²) in [4.78, 5) is 29.5. The summed E-state index contributed by atoms with van der Waals surface area (Å²) < 4.78 is 6.08. The summed E-state index contributed by atoms with van der Waals surface area (Å²) in [5, 5.41) is 4.10. The third-order valence-corrected chi connectivity index (χ3v) is 8.41. The summed E-state index contributed by atoms with van der Waals surface area (Å²) in [6.45, 7) is 6.02. The highest BCUT2D eigenvalue weighted by Gasteiger charge is 2.32. The summed E-state index contributed by atoms with van der Waals surface area (Å²) in [7, 11) is 0. The van der Waals surface area contributed by atoms with E-state index in [9.17, 15) is 9.59 Å². The lowest BCUT2D eigenvalue weighted by Gasteiger charge is -2.33. The summed E-state index contributed by atoms with van der Waals surface area (Å²) in [6.07, 6.45) is 5.69. The molecule has 5 nitrogen and oxygen atoms in total. The fourth-order valence-electron chi connectivity index (χ4n) is 5.31. The average molecular weight is 582 g/mol. The third kappa shape index (κ3) is 8.02. The van der Waals surface area contributed by atoms with Gasteiger partial charge >= 0.3 is 0 Å². The molecule has 0 saturated heterocycles. The van der Waals surface area contributed by atoms with Gasteiger partial charge in [-0.2, -0.15) is 0 Å². The number of ether oxygens (including phenoxy) is 1. The Morgan fingerprint density at radius 2 is 1.65 bits per heavy atom. The Labute approximate surface area is 247 Å². The van der Waals surface area contributed by atoms with Crippen molar-refractivity contribution in [2.75, 3.05) is 6.61 Å². The van der Waals surface area contributed by atoms with Crippen molar-refractivity contribution in [2.24, 2.45) is 0 Å². The topological polar surface area (TPSA) is 58.6 Å². The Kier molecular flexibility index (Phi) is 10.5. The van der Waals surface area contributed by atoms with Gasteiger partial charge in [0.2, 0.25) is 5.91 Å². The maximum absolute atomic E-state index is 13.9. The standard InChI is InChI=1S/C33H38Cl2N2O3/c1-22-16-23(2)24(3)31(17-22)40-21-32(38)37(20-26-14-15-28(34)29(35)18-26)30(19-25-10-6-4-7-11-25)33(39)36-27-12-8-5-9-13-27/h4,6-7,10-11,14-18,27,30H,5,8-9,12-13,19-21H2,1-3H3,(H,36,39)/t30-/m0/s1. The van der Waals surface area contributed by atoms with Crippen LogP contribution in [0.4, 0.5) is 0 Å². The van der Waals surface area contributed by atoms with Crippen LogP contribution in [-0.2, 0) is 22.6 Å². The van der Waals surface area contributed by atoms with Crippen LogP contribution in [0, 0.1) is 20.8 Å². The van der Waals surface area contributed by atoms with E-state index >= 15 is 0 Å². The van der Waals surface area contributed by atoms with Crippen LogP contribution in [0.2, 0.25) is 10.0 Å². The van der Waals surface area contributed by atoms with Gasteiger partial charge in [-0.05, 0) is 79.6 Å². The fourth-order valence-corrected chi connectivity index (χ4v) is 5.63. The SMILES string of the molecule is Cc1cc(C)c(C)c(OCC(=O)N(Cc2ccc(Cl)c(Cl)c2)[C@@H](Cc2ccccc2)C(=O)NC2CCCCC2)c1. The maximum atomic E-state index is 13.9. The first-order chi connectivity index (χ1) is 19.2. The Bertz CT molecular complexity index is 1320. The Balaban J connectivity index is 1.65. The van der Waals surface area contributed by atoms with Gasteiger partial charge < -0.3 is 15.0 Å². The first kappa shape index (κ1) is 30.0. The van der Waals surface area contributed by atoms with E-state index in [0.717, 1.165) is 53.5 Å². The molecule has 1 atom stereocenters. The third-order valence-electron chi connectivity index (χ3n) is 7.67. The highest BCUT2D eigenvalue weighted by molar-refractivity contribution is 6.42. The van der Waals surface area contributed by atoms with Crippen molar-refractivity contribution in [1.29, 1.82) is 0 Å². The van der Waals surface area contributed by atoms with E-state index in [1.807, 2.05) is 63.2 Å². The molecule has 0 heterocycles. The molecule has 3 aromatic rings. The van der Waals surface area contributed by atoms with Gasteiger partial charge in [0.25, 0.3) is 5.91 Å². The van der Waals surface area contributed by atoms with E-state index in [1.165, 1.54) is 6.42 Å². The Morgan fingerprint density at radius 3 is 2.35 bits per heavy atom. The lowest BCUT2D eigenvalue weighted by atomic mass is 9.94. The van der Waals surface area contributed by atoms with Gasteiger partial charge in [-0.15, -0.1) is 0 Å². The molecule has 0 spiro atoms. The van der Waals surface area contributed by atoms with Crippen molar-refractivity contribution < 1.29 is 14.3 Å². The molecule has 0 unspecified atom stereocenters. The number of carbonyl (C=O) groups is 2. The van der Waals surface area contributed by atoms with Crippen LogP contribution in [0.25, 0.3) is 0 Å². The number of nitrogens with one attached hydrogen (secondary N) is 1. The zero-order chi connectivity index (χ0) is 28.6. The quantitative estimate of drug-likeness (QED) is 0.272. The van der Waals surface area contributed by atoms with E-state index in [2.05, 4.69) is 11.4 Å². The highest BCUT2D eigenvalue weighted by atomic mass is 35.5. The van der Waals surface area contributed by atoms with Gasteiger partial charge in [0.15, 0.2) is 6.61 Å². The summed E-state index contributed by atoms with van der Waals surface area (Å²) in [5.41, 5.74) is 4.92. The number of halogens is 2. The Morgan fingerprint density at radius 1 is 0.925 bits per heavy atom. The minimum Gasteiger partial charge on any atom is -0.483 e. The van der Waals surface area contributed by atoms with Gasteiger partial charge in [-0.25, -0.2) is 0 Å². The zero-order valence-electron chi connectivity index (χ0n) is 23.5. The van der Waals surface area contributed by atoms with Crippen molar-refractivity contribution in [3.63, 3.8) is 0 Å². The summed E-state index contributed by atoms with van der Waals surface area (Å²) in [6, 6.07) is 18.5. The van der Waals surface area contributed by atoms with E-state index in [1.54, 1.807) is 17.0 Å². The van der Waals surface area contributed by atoms with E-state index in [-0.39, 0.29) is 31.0 Å². The Hall–Kier alpha value is -3.02. The molecule has 1 saturated carbocycles. The molecule has 0 radical (unpaired) electrons. The number of amides is 2. The van der Waals surface area contributed by atoms with Gasteiger partial charge in [-0.1, -0.05) is 84.9 Å². The predicted molar refractivity (Wildman–Crippen MR) is 162 cm³/mol. The molecule has 4 rings (SSSR count). The highest BCUT2D eigenvalue weighted by Crippen LogP contribution is 2.26. The minimum atomic E-state index is -0.727. The molecule has 1 fully saturated rings. The second-order valence-corrected chi connectivity index (χ2v) is 11.6. The van der Waals surface area contributed by atoms with Crippen molar-refractivity contribution in [1.82, 2.24) is 10.2 Å². The summed E-state index contributed by atoms with van der Waals surface area (Å²) >= 11 is 12.5. The van der Waals surface area contributed by atoms with Gasteiger partial charge in [0.05, 0.1) is 10.0 Å². The van der Waals surface area contributed by atoms with Crippen LogP contribution in [0.1, 0.15) is 59.9 Å². The van der Waals surface area contributed by atoms with E-state index in [4.69, 9.17) is 27.9 Å². The number of benzene rings is 3. The molecule has 212 valence electrons. The van der Waals surface area contributed by atoms with Crippen LogP contribution in [0.3, 0.4) is 0 Å². The average Bonchev–Trinajstić information content (AvgIpc) is 2.94. The van der Waals surface area contributed by atoms with Crippen LogP contribution < -0.4 is 10.1 Å². The van der Waals surface area contributed by atoms with Crippen LogP contribution >= 0.6 is 23.2 Å². The van der Waals surface area contributed by atoms with Crippen molar-refractivity contribution >= 4 is 35.0 Å². The molecule has 3 aromatic carbocycles. The normalized spacial score (nSPS) is 14.4.